The van der Waals surface area contributed by atoms with E-state index in [4.69, 9.17) is 4.74 Å². The fraction of sp³-hybridized carbons (Fsp3) is 0.769. The second-order valence-electron chi connectivity index (χ2n) is 10.0. The number of benzene rings is 1. The van der Waals surface area contributed by atoms with Crippen LogP contribution in [0.1, 0.15) is 96.3 Å². The van der Waals surface area contributed by atoms with Crippen LogP contribution in [0.15, 0.2) is 6.07 Å². The second-order valence-corrected chi connectivity index (χ2v) is 10.0. The molecule has 3 nitrogen and oxygen atoms in total. The summed E-state index contributed by atoms with van der Waals surface area (Å²) in [5, 5.41) is 13.0. The number of nitrogens with one attached hydrogen (secondary N) is 1. The number of rotatable bonds is 9. The number of hydrogen-bond acceptors (Lipinski definition) is 3. The van der Waals surface area contributed by atoms with Gasteiger partial charge in [-0.2, -0.15) is 0 Å². The number of fused-ring (bicyclic) bond motifs is 1. The van der Waals surface area contributed by atoms with Crippen molar-refractivity contribution < 1.29 is 9.84 Å². The molecule has 1 aromatic rings. The van der Waals surface area contributed by atoms with Crippen LogP contribution in [0, 0.1) is 25.2 Å². The van der Waals surface area contributed by atoms with Crippen LogP contribution in [-0.2, 0) is 6.42 Å². The Labute approximate surface area is 180 Å². The molecule has 0 aliphatic carbocycles. The van der Waals surface area contributed by atoms with E-state index in [1.54, 1.807) is 0 Å². The van der Waals surface area contributed by atoms with Gasteiger partial charge in [0.25, 0.3) is 0 Å². The number of phenols is 1. The summed E-state index contributed by atoms with van der Waals surface area (Å²) in [4.78, 5) is 0. The molecule has 1 aliphatic heterocycles. The van der Waals surface area contributed by atoms with E-state index >= 15 is 0 Å². The van der Waals surface area contributed by atoms with Gasteiger partial charge in [-0.05, 0) is 94.5 Å². The normalized spacial score (nSPS) is 16.1. The predicted molar refractivity (Wildman–Crippen MR) is 126 cm³/mol. The first-order valence-electron chi connectivity index (χ1n) is 11.7. The summed E-state index contributed by atoms with van der Waals surface area (Å²) in [5.74, 6) is 2.26. The molecule has 0 amide bonds. The van der Waals surface area contributed by atoms with Gasteiger partial charge in [0.05, 0.1) is 6.10 Å². The summed E-state index contributed by atoms with van der Waals surface area (Å²) < 4.78 is 6.03. The van der Waals surface area contributed by atoms with Crippen molar-refractivity contribution in [2.75, 3.05) is 13.6 Å². The fourth-order valence-corrected chi connectivity index (χ4v) is 4.01. The molecule has 29 heavy (non-hydrogen) atoms. The lowest BCUT2D eigenvalue weighted by molar-refractivity contribution is 0.161. The molecule has 1 aliphatic rings. The number of ether oxygens (including phenoxy) is 1. The molecule has 2 N–H and O–H groups in total. The Balaban J connectivity index is 0.000000298. The topological polar surface area (TPSA) is 41.5 Å². The first-order chi connectivity index (χ1) is 13.6. The summed E-state index contributed by atoms with van der Waals surface area (Å²) in [6.07, 6.45) is 10.1. The molecule has 0 saturated carbocycles. The largest absolute Gasteiger partial charge is 0.508 e. The van der Waals surface area contributed by atoms with Crippen LogP contribution in [0.25, 0.3) is 0 Å². The van der Waals surface area contributed by atoms with Crippen LogP contribution < -0.4 is 10.1 Å². The van der Waals surface area contributed by atoms with Crippen molar-refractivity contribution in [3.8, 4) is 11.5 Å². The summed E-state index contributed by atoms with van der Waals surface area (Å²) in [5.41, 5.74) is 3.78. The first kappa shape index (κ1) is 25.8. The number of aryl methyl sites for hydroxylation is 1. The van der Waals surface area contributed by atoms with E-state index < -0.39 is 0 Å². The van der Waals surface area contributed by atoms with E-state index in [9.17, 15) is 5.11 Å². The Morgan fingerprint density at radius 1 is 1.24 bits per heavy atom. The molecule has 1 atom stereocenters. The minimum Gasteiger partial charge on any atom is -0.508 e. The standard InChI is InChI=1S/C14H20O2.C12H27N/c1-4-5-11-6-7-12-10(3)13(15)8-9(2)14(12)16-11;1-11(2)7-9-12(3,4)8-6-10-13-5/h8,11,15H,4-7H2,1-3H3;11,13H,6-10H2,1-5H3. The Kier molecular flexibility index (Phi) is 11.1. The minimum atomic E-state index is 0.361. The van der Waals surface area contributed by atoms with E-state index in [1.807, 2.05) is 27.0 Å². The maximum Gasteiger partial charge on any atom is 0.126 e. The van der Waals surface area contributed by atoms with Gasteiger partial charge in [-0.3, -0.25) is 0 Å². The zero-order valence-electron chi connectivity index (χ0n) is 20.5. The zero-order chi connectivity index (χ0) is 22.0. The average molecular weight is 406 g/mol. The monoisotopic (exact) mass is 405 g/mol. The molecule has 0 fully saturated rings. The Morgan fingerprint density at radius 2 is 1.93 bits per heavy atom. The third kappa shape index (κ3) is 8.99. The van der Waals surface area contributed by atoms with Crippen LogP contribution in [-0.4, -0.2) is 24.8 Å². The summed E-state index contributed by atoms with van der Waals surface area (Å²) in [7, 11) is 2.03. The molecule has 0 saturated heterocycles. The van der Waals surface area contributed by atoms with Crippen molar-refractivity contribution in [1.29, 1.82) is 0 Å². The van der Waals surface area contributed by atoms with Gasteiger partial charge in [-0.15, -0.1) is 0 Å². The highest BCUT2D eigenvalue weighted by atomic mass is 16.5. The Bertz CT molecular complexity index is 607. The van der Waals surface area contributed by atoms with E-state index in [0.717, 1.165) is 55.0 Å². The van der Waals surface area contributed by atoms with Crippen LogP contribution in [0.5, 0.6) is 11.5 Å². The lowest BCUT2D eigenvalue weighted by Gasteiger charge is -2.28. The van der Waals surface area contributed by atoms with Crippen LogP contribution in [0.2, 0.25) is 0 Å². The van der Waals surface area contributed by atoms with Gasteiger partial charge in [-0.25, -0.2) is 0 Å². The molecule has 0 aromatic heterocycles. The summed E-state index contributed by atoms with van der Waals surface area (Å²) in [6.45, 7) is 16.7. The summed E-state index contributed by atoms with van der Waals surface area (Å²) in [6, 6.07) is 1.81. The molecular formula is C26H47NO2. The van der Waals surface area contributed by atoms with E-state index in [2.05, 4.69) is 39.9 Å². The van der Waals surface area contributed by atoms with Crippen molar-refractivity contribution in [2.45, 2.75) is 106 Å². The zero-order valence-corrected chi connectivity index (χ0v) is 20.5. The Hall–Kier alpha value is -1.22. The highest BCUT2D eigenvalue weighted by Gasteiger charge is 2.23. The van der Waals surface area contributed by atoms with Gasteiger partial charge in [0, 0.05) is 5.56 Å². The predicted octanol–water partition coefficient (Wildman–Crippen LogP) is 6.95. The number of aromatic hydroxyl groups is 1. The maximum absolute atomic E-state index is 9.77. The van der Waals surface area contributed by atoms with Crippen molar-refractivity contribution in [1.82, 2.24) is 5.32 Å². The lowest BCUT2D eigenvalue weighted by atomic mass is 9.81. The number of hydrogen-bond donors (Lipinski definition) is 2. The Morgan fingerprint density at radius 3 is 2.52 bits per heavy atom. The van der Waals surface area contributed by atoms with Gasteiger partial charge in [-0.1, -0.05) is 47.5 Å². The van der Waals surface area contributed by atoms with Gasteiger partial charge < -0.3 is 15.2 Å². The van der Waals surface area contributed by atoms with E-state index in [0.29, 0.717) is 17.3 Å². The molecule has 0 spiro atoms. The molecule has 168 valence electrons. The average Bonchev–Trinajstić information content (AvgIpc) is 2.66. The highest BCUT2D eigenvalue weighted by molar-refractivity contribution is 5.53. The van der Waals surface area contributed by atoms with Crippen molar-refractivity contribution >= 4 is 0 Å². The molecular weight excluding hydrogens is 358 g/mol. The third-order valence-electron chi connectivity index (χ3n) is 6.11. The molecule has 0 bridgehead atoms. The number of phenolic OH excluding ortho intramolecular Hbond substituents is 1. The maximum atomic E-state index is 9.77. The van der Waals surface area contributed by atoms with Gasteiger partial charge >= 0.3 is 0 Å². The van der Waals surface area contributed by atoms with Crippen molar-refractivity contribution in [3.63, 3.8) is 0 Å². The molecule has 1 unspecified atom stereocenters. The first-order valence-corrected chi connectivity index (χ1v) is 11.7. The SMILES string of the molecule is CCCC1CCc2c(C)c(O)cc(C)c2O1.CNCCCC(C)(C)CCC(C)C. The fourth-order valence-electron chi connectivity index (χ4n) is 4.01. The van der Waals surface area contributed by atoms with Crippen molar-refractivity contribution in [3.05, 3.63) is 22.8 Å². The molecule has 3 heteroatoms. The van der Waals surface area contributed by atoms with Crippen molar-refractivity contribution in [2.24, 2.45) is 11.3 Å². The van der Waals surface area contributed by atoms with Gasteiger partial charge in [0.15, 0.2) is 0 Å². The highest BCUT2D eigenvalue weighted by Crippen LogP contribution is 2.38. The molecule has 1 aromatic carbocycles. The minimum absolute atomic E-state index is 0.361. The van der Waals surface area contributed by atoms with E-state index in [1.165, 1.54) is 31.2 Å². The summed E-state index contributed by atoms with van der Waals surface area (Å²) >= 11 is 0. The van der Waals surface area contributed by atoms with E-state index in [-0.39, 0.29) is 0 Å². The lowest BCUT2D eigenvalue weighted by Crippen LogP contribution is -2.23. The smallest absolute Gasteiger partial charge is 0.126 e. The second kappa shape index (κ2) is 12.5. The third-order valence-corrected chi connectivity index (χ3v) is 6.11. The van der Waals surface area contributed by atoms with Crippen LogP contribution in [0.3, 0.4) is 0 Å². The van der Waals surface area contributed by atoms with Gasteiger partial charge in [0.1, 0.15) is 11.5 Å². The molecule has 2 rings (SSSR count). The van der Waals surface area contributed by atoms with Crippen LogP contribution >= 0.6 is 0 Å². The quantitative estimate of drug-likeness (QED) is 0.437. The molecule has 1 heterocycles. The molecule has 0 radical (unpaired) electrons. The van der Waals surface area contributed by atoms with Crippen LogP contribution in [0.4, 0.5) is 0 Å². The van der Waals surface area contributed by atoms with Gasteiger partial charge in [0.2, 0.25) is 0 Å².